The van der Waals surface area contributed by atoms with Gasteiger partial charge < -0.3 is 11.1 Å². The number of amides is 2. The molecule has 0 spiro atoms. The van der Waals surface area contributed by atoms with Gasteiger partial charge in [-0.25, -0.2) is 0 Å². The summed E-state index contributed by atoms with van der Waals surface area (Å²) in [5.41, 5.74) is 9.96. The Morgan fingerprint density at radius 1 is 1.17 bits per heavy atom. The fourth-order valence-electron chi connectivity index (χ4n) is 2.75. The van der Waals surface area contributed by atoms with Crippen LogP contribution in [0.2, 0.25) is 0 Å². The highest BCUT2D eigenvalue weighted by molar-refractivity contribution is 6.05. The zero-order chi connectivity index (χ0) is 17.4. The summed E-state index contributed by atoms with van der Waals surface area (Å²) in [6.07, 6.45) is 0. The molecule has 0 radical (unpaired) electrons. The van der Waals surface area contributed by atoms with E-state index >= 15 is 0 Å². The molecule has 0 saturated carbocycles. The molecule has 0 aliphatic heterocycles. The van der Waals surface area contributed by atoms with Crippen molar-refractivity contribution >= 4 is 22.7 Å². The number of primary amides is 1. The van der Waals surface area contributed by atoms with Crippen molar-refractivity contribution in [1.29, 1.82) is 0 Å². The minimum absolute atomic E-state index is 0.252. The summed E-state index contributed by atoms with van der Waals surface area (Å²) in [5, 5.41) is 10.2. The number of nitrogens with two attached hydrogens (primary N) is 1. The van der Waals surface area contributed by atoms with Crippen LogP contribution in [0.25, 0.3) is 22.0 Å². The highest BCUT2D eigenvalue weighted by atomic mass is 16.2. The normalized spacial score (nSPS) is 10.8. The van der Waals surface area contributed by atoms with E-state index in [-0.39, 0.29) is 5.91 Å². The molecule has 2 amide bonds. The number of nitrogens with one attached hydrogen (secondary N) is 2. The third-order valence-electron chi connectivity index (χ3n) is 3.99. The lowest BCUT2D eigenvalue weighted by Gasteiger charge is -2.10. The Kier molecular flexibility index (Phi) is 3.76. The van der Waals surface area contributed by atoms with E-state index in [1.807, 2.05) is 25.1 Å². The number of pyridine rings is 1. The number of aromatic amines is 1. The Labute approximate surface area is 138 Å². The molecule has 122 valence electrons. The molecule has 0 unspecified atom stereocenters. The summed E-state index contributed by atoms with van der Waals surface area (Å²) in [4.78, 5) is 27.8. The van der Waals surface area contributed by atoms with Gasteiger partial charge in [-0.2, -0.15) is 5.10 Å². The molecule has 0 aliphatic carbocycles. The van der Waals surface area contributed by atoms with Crippen molar-refractivity contribution in [3.05, 3.63) is 46.9 Å². The van der Waals surface area contributed by atoms with Crippen molar-refractivity contribution < 1.29 is 9.59 Å². The SMILES string of the molecule is CNC(=O)c1n[nH]c2cc(-c3cc(C(N)=O)c(C)nc3C)ccc12. The van der Waals surface area contributed by atoms with Gasteiger partial charge in [-0.1, -0.05) is 6.07 Å². The van der Waals surface area contributed by atoms with Gasteiger partial charge >= 0.3 is 0 Å². The second-order valence-electron chi connectivity index (χ2n) is 5.53. The first-order valence-electron chi connectivity index (χ1n) is 7.41. The van der Waals surface area contributed by atoms with Crippen LogP contribution in [0.4, 0.5) is 0 Å². The van der Waals surface area contributed by atoms with Crippen molar-refractivity contribution in [2.75, 3.05) is 7.05 Å². The van der Waals surface area contributed by atoms with Crippen LogP contribution in [0, 0.1) is 13.8 Å². The Morgan fingerprint density at radius 3 is 2.58 bits per heavy atom. The van der Waals surface area contributed by atoms with Crippen molar-refractivity contribution in [3.63, 3.8) is 0 Å². The molecule has 3 aromatic rings. The van der Waals surface area contributed by atoms with Crippen LogP contribution in [-0.2, 0) is 0 Å². The Balaban J connectivity index is 2.15. The lowest BCUT2D eigenvalue weighted by atomic mass is 9.99. The molecule has 0 aliphatic rings. The molecular weight excluding hydrogens is 306 g/mol. The maximum absolute atomic E-state index is 11.8. The third-order valence-corrected chi connectivity index (χ3v) is 3.99. The van der Waals surface area contributed by atoms with Crippen molar-refractivity contribution in [2.24, 2.45) is 5.73 Å². The summed E-state index contributed by atoms with van der Waals surface area (Å²) in [6.45, 7) is 3.63. The number of fused-ring (bicyclic) bond motifs is 1. The van der Waals surface area contributed by atoms with E-state index in [1.54, 1.807) is 20.0 Å². The molecule has 0 atom stereocenters. The van der Waals surface area contributed by atoms with Gasteiger partial charge in [0.05, 0.1) is 16.8 Å². The molecule has 0 saturated heterocycles. The first kappa shape index (κ1) is 15.7. The molecule has 2 heterocycles. The average Bonchev–Trinajstić information content (AvgIpc) is 2.96. The Morgan fingerprint density at radius 2 is 1.92 bits per heavy atom. The zero-order valence-electron chi connectivity index (χ0n) is 13.6. The van der Waals surface area contributed by atoms with Crippen molar-refractivity contribution in [3.8, 4) is 11.1 Å². The van der Waals surface area contributed by atoms with E-state index in [4.69, 9.17) is 5.73 Å². The van der Waals surface area contributed by atoms with E-state index in [2.05, 4.69) is 20.5 Å². The number of aromatic nitrogens is 3. The highest BCUT2D eigenvalue weighted by Crippen LogP contribution is 2.28. The molecule has 1 aromatic carbocycles. The predicted octanol–water partition coefficient (Wildman–Crippen LogP) is 1.70. The van der Waals surface area contributed by atoms with Gasteiger partial charge in [-0.15, -0.1) is 0 Å². The molecule has 24 heavy (non-hydrogen) atoms. The highest BCUT2D eigenvalue weighted by Gasteiger charge is 2.15. The third kappa shape index (κ3) is 2.50. The molecule has 0 bridgehead atoms. The topological polar surface area (TPSA) is 114 Å². The van der Waals surface area contributed by atoms with Crippen molar-refractivity contribution in [2.45, 2.75) is 13.8 Å². The second-order valence-corrected chi connectivity index (χ2v) is 5.53. The van der Waals surface area contributed by atoms with Crippen LogP contribution in [0.3, 0.4) is 0 Å². The fraction of sp³-hybridized carbons (Fsp3) is 0.176. The van der Waals surface area contributed by atoms with E-state index in [9.17, 15) is 9.59 Å². The van der Waals surface area contributed by atoms with Crippen molar-refractivity contribution in [1.82, 2.24) is 20.5 Å². The van der Waals surface area contributed by atoms with E-state index in [0.717, 1.165) is 27.7 Å². The smallest absolute Gasteiger partial charge is 0.272 e. The molecule has 7 heteroatoms. The molecular formula is C17H17N5O2. The van der Waals surface area contributed by atoms with Crippen LogP contribution < -0.4 is 11.1 Å². The van der Waals surface area contributed by atoms with Gasteiger partial charge in [0.15, 0.2) is 5.69 Å². The largest absolute Gasteiger partial charge is 0.366 e. The van der Waals surface area contributed by atoms with E-state index in [0.29, 0.717) is 17.0 Å². The number of aryl methyl sites for hydroxylation is 2. The summed E-state index contributed by atoms with van der Waals surface area (Å²) >= 11 is 0. The molecule has 3 rings (SSSR count). The van der Waals surface area contributed by atoms with Crippen LogP contribution in [0.5, 0.6) is 0 Å². The molecule has 7 nitrogen and oxygen atoms in total. The average molecular weight is 323 g/mol. The number of nitrogens with zero attached hydrogens (tertiary/aromatic N) is 2. The zero-order valence-corrected chi connectivity index (χ0v) is 13.6. The molecule has 2 aromatic heterocycles. The Hall–Kier alpha value is -3.22. The van der Waals surface area contributed by atoms with Gasteiger partial charge in [0.25, 0.3) is 11.8 Å². The van der Waals surface area contributed by atoms with Gasteiger partial charge in [0.1, 0.15) is 0 Å². The number of hydrogen-bond acceptors (Lipinski definition) is 4. The quantitative estimate of drug-likeness (QED) is 0.680. The van der Waals surface area contributed by atoms with Crippen LogP contribution in [0.1, 0.15) is 32.2 Å². The maximum atomic E-state index is 11.8. The minimum Gasteiger partial charge on any atom is -0.366 e. The van der Waals surface area contributed by atoms with Gasteiger partial charge in [0.2, 0.25) is 0 Å². The Bertz CT molecular complexity index is 975. The van der Waals surface area contributed by atoms with E-state index in [1.165, 1.54) is 0 Å². The number of H-pyrrole nitrogens is 1. The van der Waals surface area contributed by atoms with E-state index < -0.39 is 5.91 Å². The molecule has 4 N–H and O–H groups in total. The summed E-state index contributed by atoms with van der Waals surface area (Å²) < 4.78 is 0. The van der Waals surface area contributed by atoms with Gasteiger partial charge in [0, 0.05) is 23.7 Å². The summed E-state index contributed by atoms with van der Waals surface area (Å²) in [7, 11) is 1.56. The van der Waals surface area contributed by atoms with Gasteiger partial charge in [-0.3, -0.25) is 19.7 Å². The standard InChI is InChI=1S/C17H17N5O2/c1-8-12(7-13(16(18)23)9(2)20-8)10-4-5-11-14(6-10)21-22-15(11)17(24)19-3/h4-7H,1-3H3,(H2,18,23)(H,19,24)(H,21,22). The number of carbonyl (C=O) groups is 2. The van der Waals surface area contributed by atoms with Crippen LogP contribution in [0.15, 0.2) is 24.3 Å². The minimum atomic E-state index is -0.509. The lowest BCUT2D eigenvalue weighted by molar-refractivity contribution is 0.0958. The predicted molar refractivity (Wildman–Crippen MR) is 90.7 cm³/mol. The first-order chi connectivity index (χ1) is 11.4. The van der Waals surface area contributed by atoms with Crippen LogP contribution >= 0.6 is 0 Å². The number of benzene rings is 1. The monoisotopic (exact) mass is 323 g/mol. The van der Waals surface area contributed by atoms with Crippen LogP contribution in [-0.4, -0.2) is 34.0 Å². The summed E-state index contributed by atoms with van der Waals surface area (Å²) in [6, 6.07) is 7.31. The lowest BCUT2D eigenvalue weighted by Crippen LogP contribution is -2.18. The maximum Gasteiger partial charge on any atom is 0.272 e. The molecule has 0 fully saturated rings. The fourth-order valence-corrected chi connectivity index (χ4v) is 2.75. The summed E-state index contributed by atoms with van der Waals surface area (Å²) in [5.74, 6) is -0.760. The number of carbonyl (C=O) groups excluding carboxylic acids is 2. The number of rotatable bonds is 3. The first-order valence-corrected chi connectivity index (χ1v) is 7.41. The second kappa shape index (κ2) is 5.77. The number of hydrogen-bond donors (Lipinski definition) is 3. The van der Waals surface area contributed by atoms with Gasteiger partial charge in [-0.05, 0) is 37.6 Å².